The van der Waals surface area contributed by atoms with Crippen LogP contribution >= 0.6 is 0 Å². The molecule has 0 aliphatic carbocycles. The van der Waals surface area contributed by atoms with Gasteiger partial charge in [0.05, 0.1) is 33.5 Å². The van der Waals surface area contributed by atoms with Crippen molar-refractivity contribution < 1.29 is 14.2 Å². The maximum absolute atomic E-state index is 5.70. The monoisotopic (exact) mass is 349 g/mol. The largest absolute Gasteiger partial charge is 0.497 e. The lowest BCUT2D eigenvalue weighted by atomic mass is 9.99. The SMILES string of the molecule is COc1ccc(OC)c(C(CN2CCOCC2)N2CCNCC2C)c1. The molecule has 2 heterocycles. The molecule has 6 nitrogen and oxygen atoms in total. The molecule has 2 saturated heterocycles. The van der Waals surface area contributed by atoms with Crippen LogP contribution in [0.1, 0.15) is 18.5 Å². The Hall–Kier alpha value is -1.34. The van der Waals surface area contributed by atoms with E-state index >= 15 is 0 Å². The van der Waals surface area contributed by atoms with E-state index in [2.05, 4.69) is 28.1 Å². The van der Waals surface area contributed by atoms with Gasteiger partial charge in [-0.05, 0) is 25.1 Å². The average molecular weight is 349 g/mol. The Bertz CT molecular complexity index is 549. The molecule has 2 unspecified atom stereocenters. The standard InChI is InChI=1S/C19H31N3O3/c1-15-13-20-6-7-22(15)18(14-21-8-10-25-11-9-21)17-12-16(23-2)4-5-19(17)24-3/h4-5,12,15,18,20H,6-11,13-14H2,1-3H3. The molecular formula is C19H31N3O3. The van der Waals surface area contributed by atoms with Gasteiger partial charge in [-0.1, -0.05) is 0 Å². The van der Waals surface area contributed by atoms with E-state index in [1.807, 2.05) is 12.1 Å². The van der Waals surface area contributed by atoms with Crippen molar-refractivity contribution in [3.8, 4) is 11.5 Å². The van der Waals surface area contributed by atoms with Crippen molar-refractivity contribution in [2.75, 3.05) is 66.7 Å². The van der Waals surface area contributed by atoms with Crippen molar-refractivity contribution in [1.29, 1.82) is 0 Å². The van der Waals surface area contributed by atoms with Crippen LogP contribution in [0.2, 0.25) is 0 Å². The van der Waals surface area contributed by atoms with Gasteiger partial charge in [-0.3, -0.25) is 9.80 Å². The Morgan fingerprint density at radius 1 is 1.20 bits per heavy atom. The van der Waals surface area contributed by atoms with E-state index in [4.69, 9.17) is 14.2 Å². The number of nitrogens with zero attached hydrogens (tertiary/aromatic N) is 2. The minimum Gasteiger partial charge on any atom is -0.497 e. The zero-order valence-corrected chi connectivity index (χ0v) is 15.7. The van der Waals surface area contributed by atoms with Crippen LogP contribution in [0.25, 0.3) is 0 Å². The quantitative estimate of drug-likeness (QED) is 0.837. The van der Waals surface area contributed by atoms with E-state index in [1.165, 1.54) is 5.56 Å². The Morgan fingerprint density at radius 3 is 2.68 bits per heavy atom. The van der Waals surface area contributed by atoms with Crippen molar-refractivity contribution >= 4 is 0 Å². The van der Waals surface area contributed by atoms with E-state index in [0.29, 0.717) is 6.04 Å². The summed E-state index contributed by atoms with van der Waals surface area (Å²) in [4.78, 5) is 5.10. The molecule has 2 fully saturated rings. The zero-order chi connectivity index (χ0) is 17.6. The van der Waals surface area contributed by atoms with Gasteiger partial charge in [0, 0.05) is 50.9 Å². The molecule has 1 aromatic carbocycles. The molecular weight excluding hydrogens is 318 g/mol. The number of morpholine rings is 1. The lowest BCUT2D eigenvalue weighted by molar-refractivity contribution is 0.0133. The highest BCUT2D eigenvalue weighted by molar-refractivity contribution is 5.42. The Morgan fingerprint density at radius 2 is 2.00 bits per heavy atom. The molecule has 0 radical (unpaired) electrons. The first-order valence-corrected chi connectivity index (χ1v) is 9.21. The average Bonchev–Trinajstić information content (AvgIpc) is 2.67. The van der Waals surface area contributed by atoms with Crippen LogP contribution < -0.4 is 14.8 Å². The van der Waals surface area contributed by atoms with Crippen molar-refractivity contribution in [3.63, 3.8) is 0 Å². The van der Waals surface area contributed by atoms with Gasteiger partial charge in [-0.25, -0.2) is 0 Å². The number of rotatable bonds is 6. The summed E-state index contributed by atoms with van der Waals surface area (Å²) >= 11 is 0. The third-order valence-corrected chi connectivity index (χ3v) is 5.28. The van der Waals surface area contributed by atoms with Gasteiger partial charge in [0.2, 0.25) is 0 Å². The molecule has 3 rings (SSSR count). The smallest absolute Gasteiger partial charge is 0.123 e. The number of hydrogen-bond acceptors (Lipinski definition) is 6. The van der Waals surface area contributed by atoms with Gasteiger partial charge in [0.25, 0.3) is 0 Å². The van der Waals surface area contributed by atoms with Gasteiger partial charge in [-0.2, -0.15) is 0 Å². The second-order valence-corrected chi connectivity index (χ2v) is 6.83. The maximum atomic E-state index is 5.70. The van der Waals surface area contributed by atoms with Crippen LogP contribution in [0.5, 0.6) is 11.5 Å². The summed E-state index contributed by atoms with van der Waals surface area (Å²) < 4.78 is 16.7. The Labute approximate surface area is 151 Å². The molecule has 2 aliphatic heterocycles. The van der Waals surface area contributed by atoms with Crippen molar-refractivity contribution in [2.45, 2.75) is 19.0 Å². The third kappa shape index (κ3) is 4.44. The zero-order valence-electron chi connectivity index (χ0n) is 15.7. The highest BCUT2D eigenvalue weighted by Crippen LogP contribution is 2.34. The fraction of sp³-hybridized carbons (Fsp3) is 0.684. The first-order valence-electron chi connectivity index (χ1n) is 9.21. The highest BCUT2D eigenvalue weighted by atomic mass is 16.5. The first-order chi connectivity index (χ1) is 12.2. The van der Waals surface area contributed by atoms with E-state index in [1.54, 1.807) is 14.2 Å². The number of methoxy groups -OCH3 is 2. The summed E-state index contributed by atoms with van der Waals surface area (Å²) in [6.45, 7) is 9.98. The third-order valence-electron chi connectivity index (χ3n) is 5.28. The summed E-state index contributed by atoms with van der Waals surface area (Å²) in [5.41, 5.74) is 1.21. The summed E-state index contributed by atoms with van der Waals surface area (Å²) in [6, 6.07) is 6.89. The minimum absolute atomic E-state index is 0.278. The Kier molecular flexibility index (Phi) is 6.53. The van der Waals surface area contributed by atoms with Crippen LogP contribution in [0.3, 0.4) is 0 Å². The first kappa shape index (κ1) is 18.5. The second-order valence-electron chi connectivity index (χ2n) is 6.83. The molecule has 2 atom stereocenters. The summed E-state index contributed by atoms with van der Waals surface area (Å²) in [5, 5.41) is 3.49. The fourth-order valence-corrected chi connectivity index (χ4v) is 3.83. The molecule has 0 spiro atoms. The fourth-order valence-electron chi connectivity index (χ4n) is 3.83. The van der Waals surface area contributed by atoms with Crippen LogP contribution in [0.15, 0.2) is 18.2 Å². The molecule has 6 heteroatoms. The molecule has 1 aromatic rings. The van der Waals surface area contributed by atoms with Crippen molar-refractivity contribution in [1.82, 2.24) is 15.1 Å². The molecule has 25 heavy (non-hydrogen) atoms. The number of hydrogen-bond donors (Lipinski definition) is 1. The normalized spacial score (nSPS) is 24.0. The van der Waals surface area contributed by atoms with Gasteiger partial charge < -0.3 is 19.5 Å². The lowest BCUT2D eigenvalue weighted by Gasteiger charge is -2.43. The van der Waals surface area contributed by atoms with Crippen LogP contribution in [0.4, 0.5) is 0 Å². The van der Waals surface area contributed by atoms with Crippen LogP contribution in [-0.2, 0) is 4.74 Å². The predicted octanol–water partition coefficient (Wildman–Crippen LogP) is 1.37. The van der Waals surface area contributed by atoms with E-state index < -0.39 is 0 Å². The van der Waals surface area contributed by atoms with Crippen molar-refractivity contribution in [3.05, 3.63) is 23.8 Å². The van der Waals surface area contributed by atoms with Gasteiger partial charge >= 0.3 is 0 Å². The van der Waals surface area contributed by atoms with Crippen LogP contribution in [-0.4, -0.2) is 82.5 Å². The molecule has 0 amide bonds. The van der Waals surface area contributed by atoms with Gasteiger partial charge in [-0.15, -0.1) is 0 Å². The van der Waals surface area contributed by atoms with E-state index in [0.717, 1.165) is 64.0 Å². The van der Waals surface area contributed by atoms with Gasteiger partial charge in [0.15, 0.2) is 0 Å². The topological polar surface area (TPSA) is 46.2 Å². The number of ether oxygens (including phenoxy) is 3. The summed E-state index contributed by atoms with van der Waals surface area (Å²) in [6.07, 6.45) is 0. The highest BCUT2D eigenvalue weighted by Gasteiger charge is 2.31. The minimum atomic E-state index is 0.278. The predicted molar refractivity (Wildman–Crippen MR) is 98.6 cm³/mol. The number of benzene rings is 1. The van der Waals surface area contributed by atoms with E-state index in [9.17, 15) is 0 Å². The number of piperazine rings is 1. The van der Waals surface area contributed by atoms with Crippen LogP contribution in [0, 0.1) is 0 Å². The molecule has 0 saturated carbocycles. The maximum Gasteiger partial charge on any atom is 0.123 e. The van der Waals surface area contributed by atoms with E-state index in [-0.39, 0.29) is 6.04 Å². The molecule has 1 N–H and O–H groups in total. The molecule has 0 aromatic heterocycles. The van der Waals surface area contributed by atoms with Crippen molar-refractivity contribution in [2.24, 2.45) is 0 Å². The van der Waals surface area contributed by atoms with Gasteiger partial charge in [0.1, 0.15) is 11.5 Å². The lowest BCUT2D eigenvalue weighted by Crippen LogP contribution is -2.53. The summed E-state index contributed by atoms with van der Waals surface area (Å²) in [7, 11) is 3.47. The molecule has 0 bridgehead atoms. The Balaban J connectivity index is 1.91. The molecule has 2 aliphatic rings. The number of nitrogens with one attached hydrogen (secondary N) is 1. The second kappa shape index (κ2) is 8.85. The molecule has 140 valence electrons. The summed E-state index contributed by atoms with van der Waals surface area (Å²) in [5.74, 6) is 1.82.